The Labute approximate surface area is 198 Å². The molecule has 0 aliphatic heterocycles. The van der Waals surface area contributed by atoms with Gasteiger partial charge in [-0.15, -0.1) is 0 Å². The number of benzene rings is 2. The molecule has 0 radical (unpaired) electrons. The monoisotopic (exact) mass is 489 g/mol. The summed E-state index contributed by atoms with van der Waals surface area (Å²) in [5.74, 6) is 0.512. The third-order valence-electron chi connectivity index (χ3n) is 4.63. The molecule has 8 nitrogen and oxygen atoms in total. The number of amides is 1. The average molecular weight is 490 g/mol. The normalized spacial score (nSPS) is 10.8. The zero-order valence-electron chi connectivity index (χ0n) is 17.3. The molecule has 2 heterocycles. The number of aromatic nitrogens is 4. The van der Waals surface area contributed by atoms with E-state index in [-0.39, 0.29) is 40.4 Å². The topological polar surface area (TPSA) is 83.2 Å². The van der Waals surface area contributed by atoms with E-state index in [0.717, 1.165) is 5.75 Å². The van der Waals surface area contributed by atoms with E-state index in [1.54, 1.807) is 43.6 Å². The molecule has 11 heteroatoms. The van der Waals surface area contributed by atoms with Crippen molar-refractivity contribution in [3.8, 4) is 11.5 Å². The number of hydrogen-bond donors (Lipinski definition) is 1. The van der Waals surface area contributed by atoms with E-state index < -0.39 is 11.7 Å². The van der Waals surface area contributed by atoms with Crippen molar-refractivity contribution in [1.29, 1.82) is 0 Å². The van der Waals surface area contributed by atoms with Gasteiger partial charge >= 0.3 is 0 Å². The number of nitrogens with one attached hydrogen (secondary N) is 1. The molecular formula is C22H18Cl2FN5O3. The van der Waals surface area contributed by atoms with Crippen LogP contribution in [-0.4, -0.2) is 32.6 Å². The fraction of sp³-hybridized carbons (Fsp3) is 0.136. The van der Waals surface area contributed by atoms with Gasteiger partial charge in [0.05, 0.1) is 13.7 Å². The second-order valence-corrected chi connectivity index (χ2v) is 7.68. The number of nitrogens with zero attached hydrogens (tertiary/aromatic N) is 4. The largest absolute Gasteiger partial charge is 0.497 e. The number of methoxy groups -OCH3 is 1. The first-order chi connectivity index (χ1) is 15.9. The maximum absolute atomic E-state index is 14.0. The van der Waals surface area contributed by atoms with Crippen LogP contribution >= 0.6 is 23.2 Å². The molecule has 2 aromatic carbocycles. The standard InChI is InChI=1S/C22H18Cl2FN5O3/c1-32-14-5-7-15(8-6-14)33-13-29-10-9-20(27-29)22(31)26-21-18(24)12-30(28-21)11-16-17(23)3-2-4-19(16)25/h2-10,12H,11,13H2,1H3,(H,26,28,31). The van der Waals surface area contributed by atoms with Gasteiger partial charge in [0, 0.05) is 23.0 Å². The summed E-state index contributed by atoms with van der Waals surface area (Å²) in [7, 11) is 1.59. The second-order valence-electron chi connectivity index (χ2n) is 6.87. The fourth-order valence-corrected chi connectivity index (χ4v) is 3.37. The van der Waals surface area contributed by atoms with Crippen LogP contribution in [0.25, 0.3) is 0 Å². The zero-order chi connectivity index (χ0) is 23.4. The van der Waals surface area contributed by atoms with Crippen molar-refractivity contribution in [3.63, 3.8) is 0 Å². The molecule has 1 N–H and O–H groups in total. The highest BCUT2D eigenvalue weighted by Crippen LogP contribution is 2.24. The summed E-state index contributed by atoms with van der Waals surface area (Å²) in [6.45, 7) is 0.164. The number of halogens is 3. The van der Waals surface area contributed by atoms with Gasteiger partial charge in [0.2, 0.25) is 0 Å². The minimum atomic E-state index is -0.505. The number of ether oxygens (including phenoxy) is 2. The van der Waals surface area contributed by atoms with E-state index in [9.17, 15) is 9.18 Å². The molecule has 0 spiro atoms. The molecule has 0 saturated carbocycles. The lowest BCUT2D eigenvalue weighted by Crippen LogP contribution is -2.15. The van der Waals surface area contributed by atoms with Gasteiger partial charge in [-0.25, -0.2) is 9.07 Å². The minimum absolute atomic E-state index is 0.0540. The molecule has 0 aliphatic rings. The van der Waals surface area contributed by atoms with E-state index >= 15 is 0 Å². The number of carbonyl (C=O) groups excluding carboxylic acids is 1. The average Bonchev–Trinajstić information content (AvgIpc) is 3.42. The highest BCUT2D eigenvalue weighted by Gasteiger charge is 2.16. The summed E-state index contributed by atoms with van der Waals surface area (Å²) in [5, 5.41) is 11.5. The number of rotatable bonds is 8. The highest BCUT2D eigenvalue weighted by atomic mass is 35.5. The molecule has 0 fully saturated rings. The van der Waals surface area contributed by atoms with Gasteiger partial charge in [0.1, 0.15) is 22.3 Å². The number of anilines is 1. The lowest BCUT2D eigenvalue weighted by atomic mass is 10.2. The molecule has 1 amide bonds. The molecule has 4 rings (SSSR count). The third-order valence-corrected chi connectivity index (χ3v) is 5.26. The van der Waals surface area contributed by atoms with Crippen molar-refractivity contribution in [2.45, 2.75) is 13.3 Å². The van der Waals surface area contributed by atoms with Crippen LogP contribution < -0.4 is 14.8 Å². The zero-order valence-corrected chi connectivity index (χ0v) is 18.8. The Morgan fingerprint density at radius 2 is 1.79 bits per heavy atom. The lowest BCUT2D eigenvalue weighted by Gasteiger charge is -2.07. The summed E-state index contributed by atoms with van der Waals surface area (Å²) in [5.41, 5.74) is 0.419. The Morgan fingerprint density at radius 3 is 2.52 bits per heavy atom. The minimum Gasteiger partial charge on any atom is -0.497 e. The summed E-state index contributed by atoms with van der Waals surface area (Å²) in [6.07, 6.45) is 3.08. The van der Waals surface area contributed by atoms with E-state index in [1.807, 2.05) is 0 Å². The predicted molar refractivity (Wildman–Crippen MR) is 122 cm³/mol. The van der Waals surface area contributed by atoms with Crippen molar-refractivity contribution < 1.29 is 18.7 Å². The SMILES string of the molecule is COc1ccc(OCn2ccc(C(=O)Nc3nn(Cc4c(F)cccc4Cl)cc3Cl)n2)cc1. The summed E-state index contributed by atoms with van der Waals surface area (Å²) in [6, 6.07) is 13.0. The van der Waals surface area contributed by atoms with Crippen molar-refractivity contribution in [1.82, 2.24) is 19.6 Å². The van der Waals surface area contributed by atoms with Crippen LogP contribution in [-0.2, 0) is 13.3 Å². The maximum Gasteiger partial charge on any atom is 0.277 e. The van der Waals surface area contributed by atoms with Crippen LogP contribution in [0.3, 0.4) is 0 Å². The van der Waals surface area contributed by atoms with Crippen LogP contribution in [0.4, 0.5) is 10.2 Å². The lowest BCUT2D eigenvalue weighted by molar-refractivity contribution is 0.101. The smallest absolute Gasteiger partial charge is 0.277 e. The molecular weight excluding hydrogens is 472 g/mol. The van der Waals surface area contributed by atoms with Crippen molar-refractivity contribution >= 4 is 34.9 Å². The summed E-state index contributed by atoms with van der Waals surface area (Å²) < 4.78 is 27.6. The van der Waals surface area contributed by atoms with Crippen molar-refractivity contribution in [2.75, 3.05) is 12.4 Å². The van der Waals surface area contributed by atoms with Crippen LogP contribution in [0.2, 0.25) is 10.0 Å². The van der Waals surface area contributed by atoms with Gasteiger partial charge in [-0.3, -0.25) is 9.48 Å². The first-order valence-electron chi connectivity index (χ1n) is 9.70. The molecule has 170 valence electrons. The molecule has 33 heavy (non-hydrogen) atoms. The highest BCUT2D eigenvalue weighted by molar-refractivity contribution is 6.33. The predicted octanol–water partition coefficient (Wildman–Crippen LogP) is 4.87. The Balaban J connectivity index is 1.38. The molecule has 0 unspecified atom stereocenters. The molecule has 2 aromatic heterocycles. The number of hydrogen-bond acceptors (Lipinski definition) is 5. The van der Waals surface area contributed by atoms with E-state index in [1.165, 1.54) is 33.8 Å². The van der Waals surface area contributed by atoms with Crippen LogP contribution in [0.15, 0.2) is 60.9 Å². The Bertz CT molecular complexity index is 1250. The molecule has 4 aromatic rings. The third kappa shape index (κ3) is 5.44. The van der Waals surface area contributed by atoms with E-state index in [2.05, 4.69) is 15.5 Å². The second kappa shape index (κ2) is 9.93. The summed E-state index contributed by atoms with van der Waals surface area (Å²) in [4.78, 5) is 12.6. The Hall–Kier alpha value is -3.56. The van der Waals surface area contributed by atoms with Gasteiger partial charge in [0.15, 0.2) is 18.2 Å². The van der Waals surface area contributed by atoms with E-state index in [4.69, 9.17) is 32.7 Å². The van der Waals surface area contributed by atoms with Gasteiger partial charge in [-0.2, -0.15) is 10.2 Å². The van der Waals surface area contributed by atoms with Crippen LogP contribution in [0.5, 0.6) is 11.5 Å². The first kappa shape index (κ1) is 22.6. The Kier molecular flexibility index (Phi) is 6.81. The van der Waals surface area contributed by atoms with Gasteiger partial charge in [-0.05, 0) is 42.5 Å². The molecule has 0 atom stereocenters. The molecule has 0 bridgehead atoms. The molecule has 0 saturated heterocycles. The first-order valence-corrected chi connectivity index (χ1v) is 10.5. The quantitative estimate of drug-likeness (QED) is 0.381. The Morgan fingerprint density at radius 1 is 1.03 bits per heavy atom. The van der Waals surface area contributed by atoms with E-state index in [0.29, 0.717) is 5.75 Å². The van der Waals surface area contributed by atoms with Gasteiger partial charge in [-0.1, -0.05) is 29.3 Å². The van der Waals surface area contributed by atoms with Crippen LogP contribution in [0.1, 0.15) is 16.1 Å². The van der Waals surface area contributed by atoms with Crippen molar-refractivity contribution in [3.05, 3.63) is 88.0 Å². The number of carbonyl (C=O) groups is 1. The summed E-state index contributed by atoms with van der Waals surface area (Å²) >= 11 is 12.2. The molecule has 0 aliphatic carbocycles. The van der Waals surface area contributed by atoms with Gasteiger partial charge < -0.3 is 14.8 Å². The van der Waals surface area contributed by atoms with Crippen molar-refractivity contribution in [2.24, 2.45) is 0 Å². The van der Waals surface area contributed by atoms with Gasteiger partial charge in [0.25, 0.3) is 5.91 Å². The fourth-order valence-electron chi connectivity index (χ4n) is 2.95. The maximum atomic E-state index is 14.0. The van der Waals surface area contributed by atoms with Crippen LogP contribution in [0, 0.1) is 5.82 Å².